The van der Waals surface area contributed by atoms with Crippen LogP contribution in [0.5, 0.6) is 5.75 Å². The molecule has 1 N–H and O–H groups in total. The summed E-state index contributed by atoms with van der Waals surface area (Å²) in [6, 6.07) is 6.83. The molecule has 1 atom stereocenters. The van der Waals surface area contributed by atoms with Crippen LogP contribution in [-0.4, -0.2) is 34.0 Å². The van der Waals surface area contributed by atoms with E-state index in [0.29, 0.717) is 6.54 Å². The number of phenols is 1. The lowest BCUT2D eigenvalue weighted by atomic mass is 10.1. The van der Waals surface area contributed by atoms with Gasteiger partial charge in [-0.1, -0.05) is 12.1 Å². The Kier molecular flexibility index (Phi) is 3.89. The molecule has 2 rings (SSSR count). The number of hydrogen-bond donors (Lipinski definition) is 1. The number of hydrogen-bond acceptors (Lipinski definition) is 4. The predicted molar refractivity (Wildman–Crippen MR) is 79.0 cm³/mol. The number of aromatic hydroxyl groups is 1. The van der Waals surface area contributed by atoms with Crippen molar-refractivity contribution in [3.63, 3.8) is 0 Å². The van der Waals surface area contributed by atoms with Gasteiger partial charge in [-0.25, -0.2) is 4.79 Å². The number of rotatable bonds is 1. The summed E-state index contributed by atoms with van der Waals surface area (Å²) in [5.41, 5.74) is -0.346. The first-order valence-corrected chi connectivity index (χ1v) is 7.06. The molecule has 0 aliphatic carbocycles. The molecular formula is C16H23NO4. The van der Waals surface area contributed by atoms with Crippen molar-refractivity contribution >= 4 is 6.09 Å². The summed E-state index contributed by atoms with van der Waals surface area (Å²) in [6.45, 7) is 9.63. The highest BCUT2D eigenvalue weighted by Crippen LogP contribution is 2.36. The molecule has 0 bridgehead atoms. The van der Waals surface area contributed by atoms with E-state index >= 15 is 0 Å². The van der Waals surface area contributed by atoms with Crippen LogP contribution in [0.4, 0.5) is 4.79 Å². The van der Waals surface area contributed by atoms with Crippen molar-refractivity contribution in [2.45, 2.75) is 52.0 Å². The van der Waals surface area contributed by atoms with Gasteiger partial charge < -0.3 is 14.6 Å². The number of ether oxygens (including phenoxy) is 2. The van der Waals surface area contributed by atoms with Crippen molar-refractivity contribution in [2.24, 2.45) is 0 Å². The SMILES string of the molecule is CC(C)(C)OC(=O)N1CC(c2ccc(O)cc2)OC1(C)C. The molecule has 1 aromatic rings. The van der Waals surface area contributed by atoms with Gasteiger partial charge in [0, 0.05) is 0 Å². The van der Waals surface area contributed by atoms with Crippen LogP contribution in [0, 0.1) is 0 Å². The van der Waals surface area contributed by atoms with Crippen LogP contribution in [0.15, 0.2) is 24.3 Å². The summed E-state index contributed by atoms with van der Waals surface area (Å²) >= 11 is 0. The highest BCUT2D eigenvalue weighted by molar-refractivity contribution is 5.69. The minimum atomic E-state index is -0.731. The normalized spacial score (nSPS) is 21.4. The minimum absolute atomic E-state index is 0.208. The van der Waals surface area contributed by atoms with Crippen molar-refractivity contribution < 1.29 is 19.4 Å². The number of nitrogens with zero attached hydrogens (tertiary/aromatic N) is 1. The van der Waals surface area contributed by atoms with Crippen LogP contribution in [0.1, 0.15) is 46.3 Å². The molecule has 116 valence electrons. The largest absolute Gasteiger partial charge is 0.508 e. The molecule has 1 aliphatic heterocycles. The van der Waals surface area contributed by atoms with Crippen molar-refractivity contribution in [3.8, 4) is 5.75 Å². The average molecular weight is 293 g/mol. The lowest BCUT2D eigenvalue weighted by molar-refractivity contribution is -0.0789. The molecule has 1 fully saturated rings. The quantitative estimate of drug-likeness (QED) is 0.861. The van der Waals surface area contributed by atoms with E-state index < -0.39 is 11.3 Å². The molecule has 5 nitrogen and oxygen atoms in total. The third kappa shape index (κ3) is 3.67. The van der Waals surface area contributed by atoms with Crippen molar-refractivity contribution in [1.29, 1.82) is 0 Å². The third-order valence-corrected chi connectivity index (χ3v) is 3.31. The van der Waals surface area contributed by atoms with E-state index in [9.17, 15) is 9.90 Å². The summed E-state index contributed by atoms with van der Waals surface area (Å²) < 4.78 is 11.4. The first-order chi connectivity index (χ1) is 9.58. The van der Waals surface area contributed by atoms with Crippen molar-refractivity contribution in [3.05, 3.63) is 29.8 Å². The second-order valence-electron chi connectivity index (χ2n) is 6.74. The molecule has 1 unspecified atom stereocenters. The zero-order valence-electron chi connectivity index (χ0n) is 13.2. The monoisotopic (exact) mass is 293 g/mol. The van der Waals surface area contributed by atoms with E-state index in [1.54, 1.807) is 29.2 Å². The van der Waals surface area contributed by atoms with E-state index in [4.69, 9.17) is 9.47 Å². The Bertz CT molecular complexity index is 516. The molecule has 1 heterocycles. The van der Waals surface area contributed by atoms with Crippen LogP contribution < -0.4 is 0 Å². The maximum absolute atomic E-state index is 12.3. The van der Waals surface area contributed by atoms with Crippen LogP contribution in [0.3, 0.4) is 0 Å². The maximum Gasteiger partial charge on any atom is 0.412 e. The number of carbonyl (C=O) groups excluding carboxylic acids is 1. The summed E-state index contributed by atoms with van der Waals surface area (Å²) in [5, 5.41) is 9.34. The van der Waals surface area contributed by atoms with E-state index in [1.807, 2.05) is 34.6 Å². The van der Waals surface area contributed by atoms with E-state index in [0.717, 1.165) is 5.56 Å². The molecular weight excluding hydrogens is 270 g/mol. The van der Waals surface area contributed by atoms with Gasteiger partial charge in [-0.2, -0.15) is 0 Å². The Balaban J connectivity index is 2.14. The molecule has 0 radical (unpaired) electrons. The van der Waals surface area contributed by atoms with Gasteiger partial charge >= 0.3 is 6.09 Å². The fourth-order valence-electron chi connectivity index (χ4n) is 2.31. The zero-order chi connectivity index (χ0) is 15.8. The van der Waals surface area contributed by atoms with Crippen molar-refractivity contribution in [2.75, 3.05) is 6.54 Å². The van der Waals surface area contributed by atoms with E-state index in [2.05, 4.69) is 0 Å². The van der Waals surface area contributed by atoms with E-state index in [-0.39, 0.29) is 17.9 Å². The fraction of sp³-hybridized carbons (Fsp3) is 0.562. The number of benzene rings is 1. The van der Waals surface area contributed by atoms with Gasteiger partial charge in [-0.3, -0.25) is 4.90 Å². The fourth-order valence-corrected chi connectivity index (χ4v) is 2.31. The van der Waals surface area contributed by atoms with Gasteiger partial charge in [-0.15, -0.1) is 0 Å². The average Bonchev–Trinajstić information content (AvgIpc) is 2.64. The lowest BCUT2D eigenvalue weighted by Crippen LogP contribution is -2.46. The van der Waals surface area contributed by atoms with Gasteiger partial charge in [0.15, 0.2) is 0 Å². The first kappa shape index (κ1) is 15.6. The van der Waals surface area contributed by atoms with Gasteiger partial charge in [-0.05, 0) is 52.3 Å². The summed E-state index contributed by atoms with van der Waals surface area (Å²) in [4.78, 5) is 13.9. The molecule has 1 amide bonds. The number of amides is 1. The standard InChI is InChI=1S/C16H23NO4/c1-15(2,3)21-14(19)17-10-13(20-16(17,4)5)11-6-8-12(18)9-7-11/h6-9,13,18H,10H2,1-5H3. The predicted octanol–water partition coefficient (Wildman–Crippen LogP) is 3.44. The Morgan fingerprint density at radius 3 is 2.43 bits per heavy atom. The maximum atomic E-state index is 12.3. The summed E-state index contributed by atoms with van der Waals surface area (Å²) in [6.07, 6.45) is -0.609. The lowest BCUT2D eigenvalue weighted by Gasteiger charge is -2.31. The Morgan fingerprint density at radius 1 is 1.33 bits per heavy atom. The molecule has 5 heteroatoms. The molecule has 0 saturated carbocycles. The molecule has 0 spiro atoms. The highest BCUT2D eigenvalue weighted by atomic mass is 16.6. The first-order valence-electron chi connectivity index (χ1n) is 7.06. The van der Waals surface area contributed by atoms with E-state index in [1.165, 1.54) is 0 Å². The topological polar surface area (TPSA) is 59.0 Å². The Morgan fingerprint density at radius 2 is 1.90 bits per heavy atom. The van der Waals surface area contributed by atoms with Gasteiger partial charge in [0.1, 0.15) is 23.2 Å². The summed E-state index contributed by atoms with van der Waals surface area (Å²) in [5.74, 6) is 0.208. The zero-order valence-corrected chi connectivity index (χ0v) is 13.2. The van der Waals surface area contributed by atoms with Gasteiger partial charge in [0.25, 0.3) is 0 Å². The molecule has 1 aromatic carbocycles. The van der Waals surface area contributed by atoms with Crippen LogP contribution in [0.25, 0.3) is 0 Å². The molecule has 1 aliphatic rings. The second kappa shape index (κ2) is 5.22. The van der Waals surface area contributed by atoms with Crippen LogP contribution in [-0.2, 0) is 9.47 Å². The number of phenolic OH excluding ortho intramolecular Hbond substituents is 1. The smallest absolute Gasteiger partial charge is 0.412 e. The molecule has 0 aromatic heterocycles. The van der Waals surface area contributed by atoms with Crippen LogP contribution in [0.2, 0.25) is 0 Å². The Labute approximate surface area is 125 Å². The van der Waals surface area contributed by atoms with Crippen LogP contribution >= 0.6 is 0 Å². The Hall–Kier alpha value is -1.75. The second-order valence-corrected chi connectivity index (χ2v) is 6.74. The van der Waals surface area contributed by atoms with Crippen molar-refractivity contribution in [1.82, 2.24) is 4.90 Å². The van der Waals surface area contributed by atoms with Gasteiger partial charge in [0.05, 0.1) is 6.54 Å². The number of carbonyl (C=O) groups is 1. The summed E-state index contributed by atoms with van der Waals surface area (Å²) in [7, 11) is 0. The molecule has 21 heavy (non-hydrogen) atoms. The minimum Gasteiger partial charge on any atom is -0.508 e. The highest BCUT2D eigenvalue weighted by Gasteiger charge is 2.44. The molecule has 1 saturated heterocycles. The third-order valence-electron chi connectivity index (χ3n) is 3.31. The van der Waals surface area contributed by atoms with Gasteiger partial charge in [0.2, 0.25) is 0 Å².